The number of hydrogen-bond donors (Lipinski definition) is 0. The largest absolute Gasteiger partial charge is 0.452 e. The second-order valence-corrected chi connectivity index (χ2v) is 6.71. The number of aryl methyl sites for hydroxylation is 1. The summed E-state index contributed by atoms with van der Waals surface area (Å²) in [5.74, 6) is -0.810. The highest BCUT2D eigenvalue weighted by atomic mass is 79.9. The van der Waals surface area contributed by atoms with Gasteiger partial charge in [0.15, 0.2) is 6.61 Å². The Labute approximate surface area is 155 Å². The van der Waals surface area contributed by atoms with Crippen LogP contribution >= 0.6 is 15.9 Å². The fourth-order valence-corrected chi connectivity index (χ4v) is 3.09. The van der Waals surface area contributed by atoms with E-state index < -0.39 is 5.97 Å². The van der Waals surface area contributed by atoms with Gasteiger partial charge >= 0.3 is 5.97 Å². The van der Waals surface area contributed by atoms with Crippen molar-refractivity contribution in [2.24, 2.45) is 0 Å². The summed E-state index contributed by atoms with van der Waals surface area (Å²) in [7, 11) is 0. The van der Waals surface area contributed by atoms with Crippen molar-refractivity contribution in [1.29, 1.82) is 0 Å². The van der Waals surface area contributed by atoms with Crippen LogP contribution < -0.4 is 0 Å². The molecule has 25 heavy (non-hydrogen) atoms. The van der Waals surface area contributed by atoms with E-state index in [-0.39, 0.29) is 18.4 Å². The summed E-state index contributed by atoms with van der Waals surface area (Å²) in [6, 6.07) is 5.79. The number of nitrogens with zero attached hydrogens (tertiary/aromatic N) is 2. The van der Waals surface area contributed by atoms with Gasteiger partial charge < -0.3 is 14.5 Å². The van der Waals surface area contributed by atoms with Gasteiger partial charge in [0.1, 0.15) is 0 Å². The van der Waals surface area contributed by atoms with Crippen LogP contribution in [0.25, 0.3) is 6.08 Å². The van der Waals surface area contributed by atoms with Gasteiger partial charge in [-0.15, -0.1) is 0 Å². The maximum absolute atomic E-state index is 12.1. The molecule has 0 bridgehead atoms. The molecule has 0 unspecified atom stereocenters. The predicted octanol–water partition coefficient (Wildman–Crippen LogP) is 2.00. The Hall–Kier alpha value is -2.15. The van der Waals surface area contributed by atoms with E-state index in [9.17, 15) is 14.4 Å². The molecule has 1 fully saturated rings. The molecule has 1 saturated heterocycles. The number of carbonyl (C=O) groups is 3. The van der Waals surface area contributed by atoms with Gasteiger partial charge in [-0.25, -0.2) is 4.79 Å². The fraction of sp³-hybridized carbons (Fsp3) is 0.389. The molecule has 7 heteroatoms. The number of amides is 2. The van der Waals surface area contributed by atoms with Crippen molar-refractivity contribution in [3.05, 3.63) is 39.9 Å². The van der Waals surface area contributed by atoms with Crippen molar-refractivity contribution < 1.29 is 19.1 Å². The maximum atomic E-state index is 12.1. The Bertz CT molecular complexity index is 694. The van der Waals surface area contributed by atoms with Gasteiger partial charge in [0.25, 0.3) is 5.91 Å². The van der Waals surface area contributed by atoms with E-state index in [1.807, 2.05) is 25.1 Å². The molecule has 0 aliphatic carbocycles. The monoisotopic (exact) mass is 408 g/mol. The zero-order valence-electron chi connectivity index (χ0n) is 14.3. The second-order valence-electron chi connectivity index (χ2n) is 5.85. The average molecular weight is 409 g/mol. The fourth-order valence-electron chi connectivity index (χ4n) is 2.47. The first-order valence-electron chi connectivity index (χ1n) is 8.01. The number of carbonyl (C=O) groups excluding carboxylic acids is 3. The van der Waals surface area contributed by atoms with Gasteiger partial charge in [0, 0.05) is 43.7 Å². The van der Waals surface area contributed by atoms with E-state index in [2.05, 4.69) is 15.9 Å². The standard InChI is InChI=1S/C18H21BrN2O4/c1-13-3-4-15(16(19)11-13)5-6-18(24)25-12-17(23)21-9-7-20(8-10-21)14(2)22/h3-6,11H,7-10,12H2,1-2H3/b6-5+. The second kappa shape index (κ2) is 8.80. The topological polar surface area (TPSA) is 66.9 Å². The summed E-state index contributed by atoms with van der Waals surface area (Å²) in [5, 5.41) is 0. The van der Waals surface area contributed by atoms with Crippen LogP contribution in [0.3, 0.4) is 0 Å². The molecule has 0 N–H and O–H groups in total. The van der Waals surface area contributed by atoms with Gasteiger partial charge in [0.2, 0.25) is 5.91 Å². The molecule has 1 aliphatic heterocycles. The first-order valence-corrected chi connectivity index (χ1v) is 8.80. The Morgan fingerprint density at radius 2 is 1.80 bits per heavy atom. The maximum Gasteiger partial charge on any atom is 0.331 e. The van der Waals surface area contributed by atoms with Gasteiger partial charge in [-0.05, 0) is 30.2 Å². The van der Waals surface area contributed by atoms with Gasteiger partial charge in [-0.2, -0.15) is 0 Å². The van der Waals surface area contributed by atoms with Crippen LogP contribution in [-0.4, -0.2) is 60.4 Å². The molecule has 0 spiro atoms. The van der Waals surface area contributed by atoms with Crippen LogP contribution in [0.5, 0.6) is 0 Å². The third-order valence-electron chi connectivity index (χ3n) is 3.97. The minimum atomic E-state index is -0.566. The van der Waals surface area contributed by atoms with Gasteiger partial charge in [0.05, 0.1) is 0 Å². The van der Waals surface area contributed by atoms with Crippen LogP contribution in [0.4, 0.5) is 0 Å². The van der Waals surface area contributed by atoms with E-state index in [0.717, 1.165) is 15.6 Å². The number of ether oxygens (including phenoxy) is 1. The molecule has 0 atom stereocenters. The number of piperazine rings is 1. The SMILES string of the molecule is CC(=O)N1CCN(C(=O)COC(=O)/C=C/c2ccc(C)cc2Br)CC1. The average Bonchev–Trinajstić information content (AvgIpc) is 2.59. The van der Waals surface area contributed by atoms with Crippen molar-refractivity contribution in [2.75, 3.05) is 32.8 Å². The van der Waals surface area contributed by atoms with Crippen molar-refractivity contribution in [3.63, 3.8) is 0 Å². The lowest BCUT2D eigenvalue weighted by atomic mass is 10.1. The van der Waals surface area contributed by atoms with Crippen molar-refractivity contribution >= 4 is 39.8 Å². The molecule has 134 valence electrons. The van der Waals surface area contributed by atoms with E-state index in [1.54, 1.807) is 15.9 Å². The van der Waals surface area contributed by atoms with Crippen LogP contribution in [0, 0.1) is 6.92 Å². The smallest absolute Gasteiger partial charge is 0.331 e. The summed E-state index contributed by atoms with van der Waals surface area (Å²) < 4.78 is 5.89. The van der Waals surface area contributed by atoms with Crippen molar-refractivity contribution in [2.45, 2.75) is 13.8 Å². The Morgan fingerprint density at radius 3 is 2.40 bits per heavy atom. The molecule has 1 aliphatic rings. The number of esters is 1. The van der Waals surface area contributed by atoms with E-state index in [1.165, 1.54) is 13.0 Å². The molecule has 0 radical (unpaired) electrons. The Morgan fingerprint density at radius 1 is 1.16 bits per heavy atom. The third-order valence-corrected chi connectivity index (χ3v) is 4.66. The number of hydrogen-bond acceptors (Lipinski definition) is 4. The van der Waals surface area contributed by atoms with Gasteiger partial charge in [-0.1, -0.05) is 28.1 Å². The highest BCUT2D eigenvalue weighted by Gasteiger charge is 2.22. The highest BCUT2D eigenvalue weighted by Crippen LogP contribution is 2.19. The van der Waals surface area contributed by atoms with Crippen LogP contribution in [0.2, 0.25) is 0 Å². The molecule has 6 nitrogen and oxygen atoms in total. The van der Waals surface area contributed by atoms with Gasteiger partial charge in [-0.3, -0.25) is 9.59 Å². The molecular formula is C18H21BrN2O4. The molecule has 0 saturated carbocycles. The lowest BCUT2D eigenvalue weighted by Gasteiger charge is -2.34. The quantitative estimate of drug-likeness (QED) is 0.564. The third kappa shape index (κ3) is 5.70. The zero-order chi connectivity index (χ0) is 18.4. The Balaban J connectivity index is 1.79. The summed E-state index contributed by atoms with van der Waals surface area (Å²) in [4.78, 5) is 38.4. The molecule has 1 aromatic rings. The lowest BCUT2D eigenvalue weighted by Crippen LogP contribution is -2.51. The van der Waals surface area contributed by atoms with E-state index >= 15 is 0 Å². The molecule has 1 aromatic carbocycles. The highest BCUT2D eigenvalue weighted by molar-refractivity contribution is 9.10. The van der Waals surface area contributed by atoms with E-state index in [0.29, 0.717) is 26.2 Å². The Kier molecular flexibility index (Phi) is 6.75. The molecule has 2 rings (SSSR count). The summed E-state index contributed by atoms with van der Waals surface area (Å²) in [5.41, 5.74) is 1.97. The number of rotatable bonds is 4. The predicted molar refractivity (Wildman–Crippen MR) is 97.7 cm³/mol. The zero-order valence-corrected chi connectivity index (χ0v) is 15.9. The summed E-state index contributed by atoms with van der Waals surface area (Å²) >= 11 is 3.43. The van der Waals surface area contributed by atoms with Crippen LogP contribution in [0.1, 0.15) is 18.1 Å². The summed E-state index contributed by atoms with van der Waals surface area (Å²) in [6.45, 7) is 5.14. The van der Waals surface area contributed by atoms with Crippen molar-refractivity contribution in [1.82, 2.24) is 9.80 Å². The molecule has 1 heterocycles. The summed E-state index contributed by atoms with van der Waals surface area (Å²) in [6.07, 6.45) is 2.94. The molecule has 2 amide bonds. The molecule has 0 aromatic heterocycles. The lowest BCUT2D eigenvalue weighted by molar-refractivity contribution is -0.149. The minimum absolute atomic E-state index is 0.00549. The van der Waals surface area contributed by atoms with E-state index in [4.69, 9.17) is 4.74 Å². The minimum Gasteiger partial charge on any atom is -0.452 e. The number of benzene rings is 1. The molecular weight excluding hydrogens is 388 g/mol. The first-order chi connectivity index (χ1) is 11.9. The first kappa shape index (κ1) is 19.2. The normalized spacial score (nSPS) is 14.7. The van der Waals surface area contributed by atoms with Crippen LogP contribution in [-0.2, 0) is 19.1 Å². The number of halogens is 1. The van der Waals surface area contributed by atoms with Crippen LogP contribution in [0.15, 0.2) is 28.7 Å². The van der Waals surface area contributed by atoms with Crippen molar-refractivity contribution in [3.8, 4) is 0 Å².